The molecule has 0 radical (unpaired) electrons. The van der Waals surface area contributed by atoms with Crippen molar-refractivity contribution >= 4 is 22.9 Å². The van der Waals surface area contributed by atoms with Crippen molar-refractivity contribution in [2.75, 3.05) is 19.6 Å². The quantitative estimate of drug-likeness (QED) is 0.577. The van der Waals surface area contributed by atoms with Gasteiger partial charge in [-0.25, -0.2) is 4.98 Å². The zero-order valence-corrected chi connectivity index (χ0v) is 13.0. The van der Waals surface area contributed by atoms with Crippen molar-refractivity contribution in [3.8, 4) is 11.5 Å². The van der Waals surface area contributed by atoms with E-state index >= 15 is 0 Å². The first kappa shape index (κ1) is 14.8. The fraction of sp³-hybridized carbons (Fsp3) is 0.111. The van der Waals surface area contributed by atoms with Gasteiger partial charge in [0, 0.05) is 5.39 Å². The van der Waals surface area contributed by atoms with Crippen LogP contribution in [0.3, 0.4) is 0 Å². The highest BCUT2D eigenvalue weighted by Crippen LogP contribution is 2.26. The molecule has 0 saturated carbocycles. The summed E-state index contributed by atoms with van der Waals surface area (Å²) >= 11 is 0. The maximum Gasteiger partial charge on any atom is 0.161 e. The number of methoxy groups -OCH3 is 2. The number of para-hydroxylation sites is 1. The van der Waals surface area contributed by atoms with Gasteiger partial charge >= 0.3 is 0 Å². The number of benzene rings is 2. The number of aromatic nitrogens is 1. The van der Waals surface area contributed by atoms with Crippen molar-refractivity contribution in [3.63, 3.8) is 0 Å². The molecule has 0 atom stereocenters. The van der Waals surface area contributed by atoms with E-state index in [2.05, 4.69) is 15.5 Å². The van der Waals surface area contributed by atoms with Gasteiger partial charge in [-0.2, -0.15) is 5.10 Å². The number of ether oxygens (including phenoxy) is 2. The summed E-state index contributed by atoms with van der Waals surface area (Å²) in [6.07, 6.45) is 1.71. The summed E-state index contributed by atoms with van der Waals surface area (Å²) in [7, 11) is 3.22. The Morgan fingerprint density at radius 3 is 2.61 bits per heavy atom. The second-order valence-electron chi connectivity index (χ2n) is 4.87. The Labute approximate surface area is 134 Å². The second kappa shape index (κ2) is 6.79. The number of nitrogens with zero attached hydrogens (tertiary/aromatic N) is 2. The molecule has 3 rings (SSSR count). The van der Waals surface area contributed by atoms with Gasteiger partial charge in [0.15, 0.2) is 11.5 Å². The number of anilines is 1. The molecule has 0 unspecified atom stereocenters. The number of hydrogen-bond acceptors (Lipinski definition) is 5. The molecule has 5 heteroatoms. The first-order valence-electron chi connectivity index (χ1n) is 7.17. The standard InChI is InChI=1S/C18H17N3O2/c1-22-16-9-7-13(11-17(16)23-2)12-19-21-18-10-8-14-5-3-4-6-15(14)20-18/h3-12H,1-2H3,(H,20,21). The summed E-state index contributed by atoms with van der Waals surface area (Å²) in [6.45, 7) is 0. The Bertz CT molecular complexity index is 847. The number of nitrogens with one attached hydrogen (secondary N) is 1. The van der Waals surface area contributed by atoms with E-state index in [1.165, 1.54) is 0 Å². The molecular weight excluding hydrogens is 290 g/mol. The predicted octanol–water partition coefficient (Wildman–Crippen LogP) is 3.70. The van der Waals surface area contributed by atoms with Crippen LogP contribution in [0.4, 0.5) is 5.82 Å². The molecule has 0 saturated heterocycles. The molecule has 0 bridgehead atoms. The predicted molar refractivity (Wildman–Crippen MR) is 92.5 cm³/mol. The average molecular weight is 307 g/mol. The van der Waals surface area contributed by atoms with Crippen LogP contribution in [0, 0.1) is 0 Å². The fourth-order valence-electron chi connectivity index (χ4n) is 2.23. The van der Waals surface area contributed by atoms with E-state index in [-0.39, 0.29) is 0 Å². The minimum Gasteiger partial charge on any atom is -0.493 e. The molecule has 2 aromatic carbocycles. The lowest BCUT2D eigenvalue weighted by molar-refractivity contribution is 0.355. The lowest BCUT2D eigenvalue weighted by Gasteiger charge is -2.07. The van der Waals surface area contributed by atoms with Crippen LogP contribution in [0.15, 0.2) is 59.7 Å². The lowest BCUT2D eigenvalue weighted by atomic mass is 10.2. The Hall–Kier alpha value is -3.08. The maximum atomic E-state index is 5.27. The molecule has 0 spiro atoms. The summed E-state index contributed by atoms with van der Waals surface area (Å²) < 4.78 is 10.5. The molecule has 0 aliphatic rings. The van der Waals surface area contributed by atoms with Crippen LogP contribution >= 0.6 is 0 Å². The molecular formula is C18H17N3O2. The van der Waals surface area contributed by atoms with Gasteiger partial charge in [0.25, 0.3) is 0 Å². The highest BCUT2D eigenvalue weighted by atomic mass is 16.5. The van der Waals surface area contributed by atoms with E-state index in [1.54, 1.807) is 20.4 Å². The lowest BCUT2D eigenvalue weighted by Crippen LogP contribution is -1.95. The highest BCUT2D eigenvalue weighted by molar-refractivity contribution is 5.82. The molecule has 1 aromatic heterocycles. The molecule has 5 nitrogen and oxygen atoms in total. The molecule has 3 aromatic rings. The van der Waals surface area contributed by atoms with Crippen molar-refractivity contribution in [1.29, 1.82) is 0 Å². The van der Waals surface area contributed by atoms with Crippen LogP contribution in [-0.4, -0.2) is 25.4 Å². The van der Waals surface area contributed by atoms with E-state index in [0.717, 1.165) is 16.5 Å². The number of pyridine rings is 1. The fourth-order valence-corrected chi connectivity index (χ4v) is 2.23. The van der Waals surface area contributed by atoms with Crippen molar-refractivity contribution in [2.45, 2.75) is 0 Å². The molecule has 116 valence electrons. The van der Waals surface area contributed by atoms with Gasteiger partial charge in [0.05, 0.1) is 26.0 Å². The third-order valence-corrected chi connectivity index (χ3v) is 3.40. The maximum absolute atomic E-state index is 5.27. The minimum absolute atomic E-state index is 0.667. The third-order valence-electron chi connectivity index (χ3n) is 3.40. The van der Waals surface area contributed by atoms with E-state index in [4.69, 9.17) is 9.47 Å². The van der Waals surface area contributed by atoms with Gasteiger partial charge < -0.3 is 9.47 Å². The zero-order chi connectivity index (χ0) is 16.1. The van der Waals surface area contributed by atoms with Gasteiger partial charge in [-0.1, -0.05) is 18.2 Å². The van der Waals surface area contributed by atoms with Gasteiger partial charge in [0.1, 0.15) is 5.82 Å². The van der Waals surface area contributed by atoms with Gasteiger partial charge in [0.2, 0.25) is 0 Å². The topological polar surface area (TPSA) is 55.7 Å². The van der Waals surface area contributed by atoms with E-state index in [0.29, 0.717) is 17.3 Å². The van der Waals surface area contributed by atoms with Crippen LogP contribution in [0.1, 0.15) is 5.56 Å². The Morgan fingerprint density at radius 1 is 0.957 bits per heavy atom. The van der Waals surface area contributed by atoms with Crippen LogP contribution < -0.4 is 14.9 Å². The molecule has 0 amide bonds. The normalized spacial score (nSPS) is 10.9. The molecule has 1 N–H and O–H groups in total. The number of hydrazone groups is 1. The summed E-state index contributed by atoms with van der Waals surface area (Å²) in [5.74, 6) is 2.05. The largest absolute Gasteiger partial charge is 0.493 e. The first-order valence-corrected chi connectivity index (χ1v) is 7.17. The van der Waals surface area contributed by atoms with Gasteiger partial charge in [-0.05, 0) is 42.0 Å². The number of hydrogen-bond donors (Lipinski definition) is 1. The summed E-state index contributed by atoms with van der Waals surface area (Å²) in [6, 6.07) is 17.5. The molecule has 1 heterocycles. The Morgan fingerprint density at radius 2 is 1.78 bits per heavy atom. The van der Waals surface area contributed by atoms with Crippen molar-refractivity contribution < 1.29 is 9.47 Å². The number of rotatable bonds is 5. The SMILES string of the molecule is COc1ccc(C=NNc2ccc3ccccc3n2)cc1OC. The molecule has 0 fully saturated rings. The minimum atomic E-state index is 0.667. The van der Waals surface area contributed by atoms with Crippen molar-refractivity contribution in [3.05, 3.63) is 60.2 Å². The second-order valence-corrected chi connectivity index (χ2v) is 4.87. The smallest absolute Gasteiger partial charge is 0.161 e. The summed E-state index contributed by atoms with van der Waals surface area (Å²) in [4.78, 5) is 4.50. The summed E-state index contributed by atoms with van der Waals surface area (Å²) in [5.41, 5.74) is 4.77. The Kier molecular flexibility index (Phi) is 4.38. The van der Waals surface area contributed by atoms with E-state index in [9.17, 15) is 0 Å². The average Bonchev–Trinajstić information content (AvgIpc) is 2.61. The van der Waals surface area contributed by atoms with Gasteiger partial charge in [-0.15, -0.1) is 0 Å². The van der Waals surface area contributed by atoms with Crippen LogP contribution in [-0.2, 0) is 0 Å². The summed E-state index contributed by atoms with van der Waals surface area (Å²) in [5, 5.41) is 5.31. The molecule has 0 aliphatic heterocycles. The van der Waals surface area contributed by atoms with Crippen LogP contribution in [0.2, 0.25) is 0 Å². The zero-order valence-electron chi connectivity index (χ0n) is 13.0. The van der Waals surface area contributed by atoms with Crippen molar-refractivity contribution in [2.24, 2.45) is 5.10 Å². The molecule has 0 aliphatic carbocycles. The van der Waals surface area contributed by atoms with E-state index in [1.807, 2.05) is 54.6 Å². The number of fused-ring (bicyclic) bond motifs is 1. The van der Waals surface area contributed by atoms with Gasteiger partial charge in [-0.3, -0.25) is 5.43 Å². The highest BCUT2D eigenvalue weighted by Gasteiger charge is 2.03. The Balaban J connectivity index is 1.74. The van der Waals surface area contributed by atoms with E-state index < -0.39 is 0 Å². The third kappa shape index (κ3) is 3.40. The van der Waals surface area contributed by atoms with Crippen LogP contribution in [0.5, 0.6) is 11.5 Å². The monoisotopic (exact) mass is 307 g/mol. The first-order chi connectivity index (χ1) is 11.3. The van der Waals surface area contributed by atoms with Crippen molar-refractivity contribution in [1.82, 2.24) is 4.98 Å². The van der Waals surface area contributed by atoms with Crippen LogP contribution in [0.25, 0.3) is 10.9 Å². The molecule has 23 heavy (non-hydrogen) atoms.